The first-order valence-corrected chi connectivity index (χ1v) is 6.62. The predicted octanol–water partition coefficient (Wildman–Crippen LogP) is 3.78. The van der Waals surface area contributed by atoms with Crippen LogP contribution < -0.4 is 9.47 Å². The van der Waals surface area contributed by atoms with Crippen LogP contribution >= 0.6 is 11.6 Å². The molecule has 0 atom stereocenters. The maximum absolute atomic E-state index is 10.8. The maximum Gasteiger partial charge on any atom is 0.161 e. The molecule has 0 radical (unpaired) electrons. The van der Waals surface area contributed by atoms with E-state index in [9.17, 15) is 4.79 Å². The largest absolute Gasteiger partial charge is 0.493 e. The minimum absolute atomic E-state index is 0.461. The third-order valence-electron chi connectivity index (χ3n) is 2.91. The van der Waals surface area contributed by atoms with Crippen LogP contribution in [0.25, 0.3) is 0 Å². The number of halogens is 1. The van der Waals surface area contributed by atoms with Gasteiger partial charge in [0, 0.05) is 17.0 Å². The molecule has 0 saturated heterocycles. The lowest BCUT2D eigenvalue weighted by atomic mass is 10.1. The normalized spacial score (nSPS) is 10.1. The molecule has 3 nitrogen and oxygen atoms in total. The summed E-state index contributed by atoms with van der Waals surface area (Å²) in [5.74, 6) is 1.17. The third kappa shape index (κ3) is 3.52. The summed E-state index contributed by atoms with van der Waals surface area (Å²) in [7, 11) is 1.57. The lowest BCUT2D eigenvalue weighted by molar-refractivity contribution is 0.112. The number of carbonyl (C=O) groups excluding carboxylic acids is 1. The number of hydrogen-bond donors (Lipinski definition) is 0. The summed E-state index contributed by atoms with van der Waals surface area (Å²) < 4.78 is 10.9. The van der Waals surface area contributed by atoms with Gasteiger partial charge in [0.2, 0.25) is 0 Å². The van der Waals surface area contributed by atoms with Gasteiger partial charge in [0.05, 0.1) is 13.7 Å². The zero-order valence-electron chi connectivity index (χ0n) is 11.1. The molecule has 0 aromatic heterocycles. The number of ether oxygens (including phenoxy) is 2. The Kier molecular flexibility index (Phi) is 5.02. The Labute approximate surface area is 123 Å². The summed E-state index contributed by atoms with van der Waals surface area (Å²) in [6, 6.07) is 12.7. The lowest BCUT2D eigenvalue weighted by Crippen LogP contribution is -2.03. The van der Waals surface area contributed by atoms with Crippen LogP contribution in [0.5, 0.6) is 11.5 Å². The molecule has 0 aliphatic heterocycles. The summed E-state index contributed by atoms with van der Waals surface area (Å²) in [5.41, 5.74) is 1.58. The van der Waals surface area contributed by atoms with Gasteiger partial charge in [-0.3, -0.25) is 4.79 Å². The number of aldehydes is 1. The lowest BCUT2D eigenvalue weighted by Gasteiger charge is -2.11. The molecule has 0 unspecified atom stereocenters. The average Bonchev–Trinajstić information content (AvgIpc) is 2.49. The third-order valence-corrected chi connectivity index (χ3v) is 3.28. The van der Waals surface area contributed by atoms with Gasteiger partial charge in [-0.1, -0.05) is 29.8 Å². The summed E-state index contributed by atoms with van der Waals surface area (Å²) in [6.45, 7) is 0.461. The Morgan fingerprint density at radius 1 is 1.15 bits per heavy atom. The minimum Gasteiger partial charge on any atom is -0.493 e. The van der Waals surface area contributed by atoms with E-state index in [1.807, 2.05) is 24.3 Å². The van der Waals surface area contributed by atoms with E-state index in [2.05, 4.69) is 0 Å². The van der Waals surface area contributed by atoms with E-state index >= 15 is 0 Å². The second kappa shape index (κ2) is 6.96. The van der Waals surface area contributed by atoms with Gasteiger partial charge in [-0.15, -0.1) is 0 Å². The number of hydrogen-bond acceptors (Lipinski definition) is 3. The summed E-state index contributed by atoms with van der Waals surface area (Å²) in [4.78, 5) is 10.8. The van der Waals surface area contributed by atoms with Gasteiger partial charge in [-0.05, 0) is 29.8 Å². The zero-order valence-corrected chi connectivity index (χ0v) is 11.9. The fraction of sp³-hybridized carbons (Fsp3) is 0.188. The van der Waals surface area contributed by atoms with Crippen LogP contribution in [-0.2, 0) is 6.42 Å². The van der Waals surface area contributed by atoms with Crippen LogP contribution in [-0.4, -0.2) is 20.0 Å². The molecular formula is C16H15ClO3. The predicted molar refractivity (Wildman–Crippen MR) is 79.0 cm³/mol. The summed E-state index contributed by atoms with van der Waals surface area (Å²) in [5, 5.41) is 0.727. The van der Waals surface area contributed by atoms with Crippen molar-refractivity contribution in [3.05, 3.63) is 58.6 Å². The first kappa shape index (κ1) is 14.4. The first-order valence-electron chi connectivity index (χ1n) is 6.24. The average molecular weight is 291 g/mol. The Bertz CT molecular complexity index is 596. The van der Waals surface area contributed by atoms with Crippen molar-refractivity contribution in [1.82, 2.24) is 0 Å². The van der Waals surface area contributed by atoms with Gasteiger partial charge in [0.1, 0.15) is 6.29 Å². The van der Waals surface area contributed by atoms with Crippen LogP contribution in [0.4, 0.5) is 0 Å². The molecule has 2 rings (SSSR count). The number of carbonyl (C=O) groups is 1. The standard InChI is InChI=1S/C16H15ClO3/c1-19-15-7-6-12(11-18)10-16(15)20-9-8-13-4-2-3-5-14(13)17/h2-7,10-11H,8-9H2,1H3. The fourth-order valence-electron chi connectivity index (χ4n) is 1.85. The van der Waals surface area contributed by atoms with Gasteiger partial charge in [0.15, 0.2) is 11.5 Å². The molecule has 0 spiro atoms. The molecule has 0 aliphatic carbocycles. The van der Waals surface area contributed by atoms with E-state index < -0.39 is 0 Å². The van der Waals surface area contributed by atoms with Crippen molar-refractivity contribution in [2.24, 2.45) is 0 Å². The first-order chi connectivity index (χ1) is 9.74. The van der Waals surface area contributed by atoms with E-state index in [-0.39, 0.29) is 0 Å². The van der Waals surface area contributed by atoms with Crippen molar-refractivity contribution in [3.8, 4) is 11.5 Å². The maximum atomic E-state index is 10.8. The van der Waals surface area contributed by atoms with Gasteiger partial charge >= 0.3 is 0 Å². The smallest absolute Gasteiger partial charge is 0.161 e. The quantitative estimate of drug-likeness (QED) is 0.760. The molecular weight excluding hydrogens is 276 g/mol. The van der Waals surface area contributed by atoms with Gasteiger partial charge < -0.3 is 9.47 Å². The minimum atomic E-state index is 0.461. The van der Waals surface area contributed by atoms with Crippen molar-refractivity contribution >= 4 is 17.9 Å². The number of methoxy groups -OCH3 is 1. The molecule has 2 aromatic rings. The van der Waals surface area contributed by atoms with Crippen LogP contribution in [0.15, 0.2) is 42.5 Å². The van der Waals surface area contributed by atoms with Gasteiger partial charge in [0.25, 0.3) is 0 Å². The number of rotatable bonds is 6. The Morgan fingerprint density at radius 2 is 1.95 bits per heavy atom. The van der Waals surface area contributed by atoms with Crippen molar-refractivity contribution in [3.63, 3.8) is 0 Å². The molecule has 0 saturated carbocycles. The van der Waals surface area contributed by atoms with E-state index in [1.165, 1.54) is 0 Å². The highest BCUT2D eigenvalue weighted by molar-refractivity contribution is 6.31. The number of benzene rings is 2. The molecule has 0 N–H and O–H groups in total. The Morgan fingerprint density at radius 3 is 2.65 bits per heavy atom. The zero-order chi connectivity index (χ0) is 14.4. The topological polar surface area (TPSA) is 35.5 Å². The second-order valence-corrected chi connectivity index (χ2v) is 4.63. The van der Waals surface area contributed by atoms with Crippen LogP contribution in [0.2, 0.25) is 5.02 Å². The second-order valence-electron chi connectivity index (χ2n) is 4.22. The summed E-state index contributed by atoms with van der Waals surface area (Å²) >= 11 is 6.09. The van der Waals surface area contributed by atoms with Crippen LogP contribution in [0.1, 0.15) is 15.9 Å². The fourth-order valence-corrected chi connectivity index (χ4v) is 2.08. The SMILES string of the molecule is COc1ccc(C=O)cc1OCCc1ccccc1Cl. The molecule has 0 aliphatic rings. The summed E-state index contributed by atoms with van der Waals surface area (Å²) in [6.07, 6.45) is 1.47. The highest BCUT2D eigenvalue weighted by atomic mass is 35.5. The molecule has 0 fully saturated rings. The van der Waals surface area contributed by atoms with Crippen molar-refractivity contribution in [2.45, 2.75) is 6.42 Å². The van der Waals surface area contributed by atoms with Crippen molar-refractivity contribution < 1.29 is 14.3 Å². The van der Waals surface area contributed by atoms with Crippen molar-refractivity contribution in [1.29, 1.82) is 0 Å². The van der Waals surface area contributed by atoms with Crippen LogP contribution in [0, 0.1) is 0 Å². The molecule has 104 valence electrons. The van der Waals surface area contributed by atoms with Crippen LogP contribution in [0.3, 0.4) is 0 Å². The molecule has 0 bridgehead atoms. The molecule has 4 heteroatoms. The molecule has 0 heterocycles. The molecule has 2 aromatic carbocycles. The van der Waals surface area contributed by atoms with Gasteiger partial charge in [-0.2, -0.15) is 0 Å². The highest BCUT2D eigenvalue weighted by Gasteiger charge is 2.06. The van der Waals surface area contributed by atoms with Gasteiger partial charge in [-0.25, -0.2) is 0 Å². The Hall–Kier alpha value is -2.00. The van der Waals surface area contributed by atoms with E-state index in [4.69, 9.17) is 21.1 Å². The Balaban J connectivity index is 2.03. The highest BCUT2D eigenvalue weighted by Crippen LogP contribution is 2.28. The monoisotopic (exact) mass is 290 g/mol. The van der Waals surface area contributed by atoms with E-state index in [0.29, 0.717) is 30.1 Å². The molecule has 0 amide bonds. The van der Waals surface area contributed by atoms with E-state index in [1.54, 1.807) is 25.3 Å². The van der Waals surface area contributed by atoms with E-state index in [0.717, 1.165) is 16.9 Å². The van der Waals surface area contributed by atoms with Crippen molar-refractivity contribution in [2.75, 3.05) is 13.7 Å². The molecule has 20 heavy (non-hydrogen) atoms.